The second-order valence-electron chi connectivity index (χ2n) is 6.16. The fourth-order valence-electron chi connectivity index (χ4n) is 2.54. The zero-order valence-electron chi connectivity index (χ0n) is 15.7. The van der Waals surface area contributed by atoms with Crippen molar-refractivity contribution in [1.82, 2.24) is 4.90 Å². The van der Waals surface area contributed by atoms with Crippen molar-refractivity contribution in [2.24, 2.45) is 0 Å². The zero-order chi connectivity index (χ0) is 19.8. The summed E-state index contributed by atoms with van der Waals surface area (Å²) >= 11 is 5.96. The van der Waals surface area contributed by atoms with Crippen LogP contribution in [0.1, 0.15) is 12.5 Å². The van der Waals surface area contributed by atoms with Crippen LogP contribution in [0.25, 0.3) is 0 Å². The lowest BCUT2D eigenvalue weighted by Crippen LogP contribution is -2.36. The highest BCUT2D eigenvalue weighted by Crippen LogP contribution is 2.27. The van der Waals surface area contributed by atoms with Gasteiger partial charge in [-0.05, 0) is 49.4 Å². The molecule has 0 aliphatic carbocycles. The molecule has 2 rings (SSSR count). The molecule has 7 heteroatoms. The van der Waals surface area contributed by atoms with Gasteiger partial charge in [0.15, 0.2) is 0 Å². The van der Waals surface area contributed by atoms with E-state index < -0.39 is 0 Å². The van der Waals surface area contributed by atoms with Crippen LogP contribution in [0.5, 0.6) is 5.75 Å². The van der Waals surface area contributed by atoms with E-state index in [1.54, 1.807) is 30.1 Å². The summed E-state index contributed by atoms with van der Waals surface area (Å²) in [6.45, 7) is 2.22. The number of likely N-dealkylation sites (N-methyl/N-ethyl adjacent to an activating group) is 1. The highest BCUT2D eigenvalue weighted by Gasteiger charge is 2.13. The molecule has 0 aliphatic rings. The average molecular weight is 390 g/mol. The molecule has 0 saturated heterocycles. The van der Waals surface area contributed by atoms with E-state index in [-0.39, 0.29) is 24.9 Å². The van der Waals surface area contributed by atoms with Gasteiger partial charge < -0.3 is 15.4 Å². The summed E-state index contributed by atoms with van der Waals surface area (Å²) in [7, 11) is 3.22. The van der Waals surface area contributed by atoms with Gasteiger partial charge in [0.1, 0.15) is 5.75 Å². The highest BCUT2D eigenvalue weighted by molar-refractivity contribution is 6.31. The first-order chi connectivity index (χ1) is 12.9. The number of hydrogen-bond donors (Lipinski definition) is 2. The number of carbonyl (C=O) groups is 2. The number of benzene rings is 2. The molecular formula is C20H24ClN3O3. The summed E-state index contributed by atoms with van der Waals surface area (Å²) in [4.78, 5) is 26.0. The standard InChI is InChI=1S/C20H24ClN3O3/c1-4-14-5-8-16(9-6-14)22-19(25)12-24(2)13-20(26)23-17-11-15(21)7-10-18(17)27-3/h5-11H,4,12-13H2,1-3H3,(H,22,25)(H,23,26). The molecule has 0 radical (unpaired) electrons. The Morgan fingerprint density at radius 3 is 2.26 bits per heavy atom. The van der Waals surface area contributed by atoms with Gasteiger partial charge in [-0.15, -0.1) is 0 Å². The predicted molar refractivity (Wildman–Crippen MR) is 109 cm³/mol. The average Bonchev–Trinajstić information content (AvgIpc) is 2.62. The fraction of sp³-hybridized carbons (Fsp3) is 0.300. The molecule has 0 spiro atoms. The Labute approximate surface area is 164 Å². The molecular weight excluding hydrogens is 366 g/mol. The van der Waals surface area contributed by atoms with Gasteiger partial charge >= 0.3 is 0 Å². The summed E-state index contributed by atoms with van der Waals surface area (Å²) in [6, 6.07) is 12.7. The van der Waals surface area contributed by atoms with Crippen LogP contribution in [-0.2, 0) is 16.0 Å². The summed E-state index contributed by atoms with van der Waals surface area (Å²) in [6.07, 6.45) is 0.948. The quantitative estimate of drug-likeness (QED) is 0.725. The maximum atomic E-state index is 12.2. The second-order valence-corrected chi connectivity index (χ2v) is 6.60. The van der Waals surface area contributed by atoms with Gasteiger partial charge in [0, 0.05) is 10.7 Å². The number of methoxy groups -OCH3 is 1. The minimum Gasteiger partial charge on any atom is -0.495 e. The third-order valence-corrected chi connectivity index (χ3v) is 4.14. The molecule has 0 aromatic heterocycles. The maximum absolute atomic E-state index is 12.2. The third-order valence-electron chi connectivity index (χ3n) is 3.91. The lowest BCUT2D eigenvalue weighted by atomic mass is 10.1. The molecule has 2 aromatic carbocycles. The molecule has 0 bridgehead atoms. The Hall–Kier alpha value is -2.57. The van der Waals surface area contributed by atoms with Crippen molar-refractivity contribution in [3.8, 4) is 5.75 Å². The third kappa shape index (κ3) is 6.58. The summed E-state index contributed by atoms with van der Waals surface area (Å²) < 4.78 is 5.20. The molecule has 144 valence electrons. The van der Waals surface area contributed by atoms with Crippen molar-refractivity contribution in [1.29, 1.82) is 0 Å². The number of carbonyl (C=O) groups excluding carboxylic acids is 2. The van der Waals surface area contributed by atoms with E-state index in [9.17, 15) is 9.59 Å². The molecule has 2 aromatic rings. The van der Waals surface area contributed by atoms with Gasteiger partial charge in [-0.25, -0.2) is 0 Å². The Morgan fingerprint density at radius 2 is 1.67 bits per heavy atom. The molecule has 27 heavy (non-hydrogen) atoms. The van der Waals surface area contributed by atoms with Gasteiger partial charge in [0.05, 0.1) is 25.9 Å². The summed E-state index contributed by atoms with van der Waals surface area (Å²) in [5.41, 5.74) is 2.43. The van der Waals surface area contributed by atoms with Crippen molar-refractivity contribution in [2.75, 3.05) is 37.9 Å². The van der Waals surface area contributed by atoms with Gasteiger partial charge in [0.25, 0.3) is 0 Å². The smallest absolute Gasteiger partial charge is 0.238 e. The first-order valence-corrected chi connectivity index (χ1v) is 8.99. The van der Waals surface area contributed by atoms with Gasteiger partial charge in [-0.1, -0.05) is 30.7 Å². The van der Waals surface area contributed by atoms with Crippen molar-refractivity contribution in [3.63, 3.8) is 0 Å². The van der Waals surface area contributed by atoms with Crippen molar-refractivity contribution < 1.29 is 14.3 Å². The number of nitrogens with one attached hydrogen (secondary N) is 2. The molecule has 0 aliphatic heterocycles. The van der Waals surface area contributed by atoms with Crippen molar-refractivity contribution in [3.05, 3.63) is 53.1 Å². The molecule has 0 atom stereocenters. The highest BCUT2D eigenvalue weighted by atomic mass is 35.5. The summed E-state index contributed by atoms with van der Waals surface area (Å²) in [5, 5.41) is 6.06. The number of anilines is 2. The van der Waals surface area contributed by atoms with Gasteiger partial charge in [-0.3, -0.25) is 14.5 Å². The second kappa shape index (κ2) is 9.94. The molecule has 0 heterocycles. The number of nitrogens with zero attached hydrogens (tertiary/aromatic N) is 1. The number of aryl methyl sites for hydroxylation is 1. The predicted octanol–water partition coefficient (Wildman–Crippen LogP) is 3.42. The Bertz CT molecular complexity index is 794. The first-order valence-electron chi connectivity index (χ1n) is 8.62. The molecule has 2 amide bonds. The lowest BCUT2D eigenvalue weighted by Gasteiger charge is -2.17. The van der Waals surface area contributed by atoms with Crippen LogP contribution >= 0.6 is 11.6 Å². The number of ether oxygens (including phenoxy) is 1. The molecule has 2 N–H and O–H groups in total. The van der Waals surface area contributed by atoms with E-state index in [0.717, 1.165) is 12.1 Å². The van der Waals surface area contributed by atoms with Crippen LogP contribution in [0.15, 0.2) is 42.5 Å². The van der Waals surface area contributed by atoms with E-state index >= 15 is 0 Å². The number of rotatable bonds is 8. The van der Waals surface area contributed by atoms with Crippen LogP contribution in [0.2, 0.25) is 5.02 Å². The normalized spacial score (nSPS) is 10.6. The fourth-order valence-corrected chi connectivity index (χ4v) is 2.71. The topological polar surface area (TPSA) is 70.7 Å². The largest absolute Gasteiger partial charge is 0.495 e. The van der Waals surface area contributed by atoms with Crippen LogP contribution in [0.4, 0.5) is 11.4 Å². The zero-order valence-corrected chi connectivity index (χ0v) is 16.5. The molecule has 0 fully saturated rings. The van der Waals surface area contributed by atoms with E-state index in [1.165, 1.54) is 12.7 Å². The van der Waals surface area contributed by atoms with Crippen LogP contribution in [0, 0.1) is 0 Å². The minimum atomic E-state index is -0.266. The molecule has 6 nitrogen and oxygen atoms in total. The number of halogens is 1. The monoisotopic (exact) mass is 389 g/mol. The van der Waals surface area contributed by atoms with E-state index in [0.29, 0.717) is 16.5 Å². The Kier molecular flexibility index (Phi) is 7.64. The van der Waals surface area contributed by atoms with Gasteiger partial charge in [0.2, 0.25) is 11.8 Å². The van der Waals surface area contributed by atoms with Crippen LogP contribution < -0.4 is 15.4 Å². The van der Waals surface area contributed by atoms with Crippen LogP contribution in [0.3, 0.4) is 0 Å². The van der Waals surface area contributed by atoms with Crippen LogP contribution in [-0.4, -0.2) is 44.0 Å². The van der Waals surface area contributed by atoms with Gasteiger partial charge in [-0.2, -0.15) is 0 Å². The SMILES string of the molecule is CCc1ccc(NC(=O)CN(C)CC(=O)Nc2cc(Cl)ccc2OC)cc1. The van der Waals surface area contributed by atoms with E-state index in [2.05, 4.69) is 17.6 Å². The minimum absolute atomic E-state index is 0.0534. The first kappa shape index (κ1) is 20.7. The Balaban J connectivity index is 1.85. The summed E-state index contributed by atoms with van der Waals surface area (Å²) in [5.74, 6) is 0.0664. The molecule has 0 unspecified atom stereocenters. The molecule has 0 saturated carbocycles. The van der Waals surface area contributed by atoms with E-state index in [1.807, 2.05) is 24.3 Å². The lowest BCUT2D eigenvalue weighted by molar-refractivity contribution is -0.119. The maximum Gasteiger partial charge on any atom is 0.238 e. The number of hydrogen-bond acceptors (Lipinski definition) is 4. The van der Waals surface area contributed by atoms with E-state index in [4.69, 9.17) is 16.3 Å². The Morgan fingerprint density at radius 1 is 1.04 bits per heavy atom. The number of amides is 2. The van der Waals surface area contributed by atoms with Crippen molar-refractivity contribution >= 4 is 34.8 Å². The van der Waals surface area contributed by atoms with Crippen molar-refractivity contribution in [2.45, 2.75) is 13.3 Å².